The van der Waals surface area contributed by atoms with Crippen LogP contribution < -0.4 is 5.32 Å². The van der Waals surface area contributed by atoms with Gasteiger partial charge in [-0.1, -0.05) is 12.1 Å². The van der Waals surface area contributed by atoms with Crippen molar-refractivity contribution in [1.29, 1.82) is 0 Å². The van der Waals surface area contributed by atoms with Crippen molar-refractivity contribution in [1.82, 2.24) is 10.2 Å². The Kier molecular flexibility index (Phi) is 5.79. The fraction of sp³-hybridized carbons (Fsp3) is 0.429. The topological polar surface area (TPSA) is 15.3 Å². The molecule has 0 spiro atoms. The first-order chi connectivity index (χ1) is 8.22. The average Bonchev–Trinajstić information content (AvgIpc) is 2.36. The third kappa shape index (κ3) is 3.31. The summed E-state index contributed by atoms with van der Waals surface area (Å²) in [6.45, 7) is 9.85. The van der Waals surface area contributed by atoms with Gasteiger partial charge in [-0.15, -0.1) is 19.0 Å². The van der Waals surface area contributed by atoms with Crippen LogP contribution in [0.3, 0.4) is 0 Å². The molecule has 0 unspecified atom stereocenters. The Labute approximate surface area is 114 Å². The molecule has 1 fully saturated rings. The van der Waals surface area contributed by atoms with Crippen LogP contribution in [0.2, 0.25) is 0 Å². The van der Waals surface area contributed by atoms with E-state index >= 15 is 0 Å². The van der Waals surface area contributed by atoms with Gasteiger partial charge in [-0.2, -0.15) is 0 Å². The molecule has 1 aliphatic heterocycles. The molecular formula is C14H20ClFN2. The van der Waals surface area contributed by atoms with Crippen molar-refractivity contribution >= 4 is 12.4 Å². The Morgan fingerprint density at radius 1 is 1.39 bits per heavy atom. The first-order valence-corrected chi connectivity index (χ1v) is 6.06. The van der Waals surface area contributed by atoms with Crippen molar-refractivity contribution in [2.45, 2.75) is 13.0 Å². The molecule has 0 amide bonds. The molecule has 1 aliphatic rings. The maximum absolute atomic E-state index is 13.3. The fourth-order valence-corrected chi connectivity index (χ4v) is 2.36. The predicted octanol–water partition coefficient (Wildman–Crippen LogP) is 2.69. The molecule has 100 valence electrons. The molecule has 1 aromatic carbocycles. The number of rotatable bonds is 3. The maximum Gasteiger partial charge on any atom is 0.123 e. The van der Waals surface area contributed by atoms with E-state index in [4.69, 9.17) is 0 Å². The maximum atomic E-state index is 13.3. The zero-order valence-electron chi connectivity index (χ0n) is 10.7. The number of halogens is 2. The quantitative estimate of drug-likeness (QED) is 0.850. The zero-order valence-corrected chi connectivity index (χ0v) is 11.5. The van der Waals surface area contributed by atoms with Crippen molar-refractivity contribution < 1.29 is 4.39 Å². The van der Waals surface area contributed by atoms with Gasteiger partial charge in [-0.3, -0.25) is 4.90 Å². The van der Waals surface area contributed by atoms with Gasteiger partial charge < -0.3 is 5.32 Å². The van der Waals surface area contributed by atoms with Crippen LogP contribution in [0.25, 0.3) is 0 Å². The highest BCUT2D eigenvalue weighted by Crippen LogP contribution is 2.25. The zero-order chi connectivity index (χ0) is 12.3. The molecule has 0 aliphatic carbocycles. The molecule has 1 aromatic rings. The van der Waals surface area contributed by atoms with Crippen molar-refractivity contribution in [2.75, 3.05) is 26.2 Å². The van der Waals surface area contributed by atoms with E-state index in [1.54, 1.807) is 6.07 Å². The van der Waals surface area contributed by atoms with Crippen LogP contribution in [0.1, 0.15) is 17.2 Å². The second kappa shape index (κ2) is 6.88. The van der Waals surface area contributed by atoms with E-state index in [1.807, 2.05) is 19.1 Å². The molecule has 2 nitrogen and oxygen atoms in total. The molecule has 2 rings (SSSR count). The SMILES string of the molecule is C=C[C@@H](c1cc(F)ccc1C)N1CCNCC1.Cl. The second-order valence-electron chi connectivity index (χ2n) is 4.47. The van der Waals surface area contributed by atoms with Crippen molar-refractivity contribution in [3.05, 3.63) is 47.8 Å². The lowest BCUT2D eigenvalue weighted by Crippen LogP contribution is -2.44. The van der Waals surface area contributed by atoms with Crippen LogP contribution in [0, 0.1) is 12.7 Å². The summed E-state index contributed by atoms with van der Waals surface area (Å²) in [6.07, 6.45) is 1.91. The standard InChI is InChI=1S/C14H19FN2.ClH/c1-3-14(17-8-6-16-7-9-17)13-10-12(15)5-4-11(13)2;/h3-5,10,14,16H,1,6-9H2,2H3;1H/t14-;/m0./s1. The summed E-state index contributed by atoms with van der Waals surface area (Å²) in [4.78, 5) is 2.34. The van der Waals surface area contributed by atoms with Crippen LogP contribution in [-0.4, -0.2) is 31.1 Å². The molecule has 1 saturated heterocycles. The highest BCUT2D eigenvalue weighted by atomic mass is 35.5. The molecule has 18 heavy (non-hydrogen) atoms. The summed E-state index contributed by atoms with van der Waals surface area (Å²) in [5.41, 5.74) is 2.15. The molecule has 0 saturated carbocycles. The normalized spacial score (nSPS) is 17.9. The van der Waals surface area contributed by atoms with Gasteiger partial charge >= 0.3 is 0 Å². The molecular weight excluding hydrogens is 251 g/mol. The van der Waals surface area contributed by atoms with E-state index < -0.39 is 0 Å². The third-order valence-electron chi connectivity index (χ3n) is 3.33. The van der Waals surface area contributed by atoms with E-state index in [0.29, 0.717) is 0 Å². The number of nitrogens with one attached hydrogen (secondary N) is 1. The number of hydrogen-bond donors (Lipinski definition) is 1. The highest BCUT2D eigenvalue weighted by Gasteiger charge is 2.20. The second-order valence-corrected chi connectivity index (χ2v) is 4.47. The van der Waals surface area contributed by atoms with E-state index in [-0.39, 0.29) is 24.3 Å². The highest BCUT2D eigenvalue weighted by molar-refractivity contribution is 5.85. The van der Waals surface area contributed by atoms with Gasteiger partial charge in [0, 0.05) is 26.2 Å². The molecule has 1 atom stereocenters. The van der Waals surface area contributed by atoms with E-state index in [1.165, 1.54) is 6.07 Å². The first-order valence-electron chi connectivity index (χ1n) is 6.06. The number of hydrogen-bond acceptors (Lipinski definition) is 2. The summed E-state index contributed by atoms with van der Waals surface area (Å²) < 4.78 is 13.3. The van der Waals surface area contributed by atoms with E-state index in [9.17, 15) is 4.39 Å². The predicted molar refractivity (Wildman–Crippen MR) is 75.8 cm³/mol. The van der Waals surface area contributed by atoms with Crippen LogP contribution in [0.4, 0.5) is 4.39 Å². The van der Waals surface area contributed by atoms with Crippen LogP contribution in [-0.2, 0) is 0 Å². The fourth-order valence-electron chi connectivity index (χ4n) is 2.36. The minimum atomic E-state index is -0.174. The summed E-state index contributed by atoms with van der Waals surface area (Å²) in [5, 5.41) is 3.32. The Morgan fingerprint density at radius 3 is 2.67 bits per heavy atom. The Bertz CT molecular complexity index is 403. The third-order valence-corrected chi connectivity index (χ3v) is 3.33. The summed E-state index contributed by atoms with van der Waals surface area (Å²) >= 11 is 0. The van der Waals surface area contributed by atoms with E-state index in [0.717, 1.165) is 37.3 Å². The molecule has 0 bridgehead atoms. The van der Waals surface area contributed by atoms with E-state index in [2.05, 4.69) is 16.8 Å². The summed E-state index contributed by atoms with van der Waals surface area (Å²) in [6, 6.07) is 5.09. The van der Waals surface area contributed by atoms with Gasteiger partial charge in [0.05, 0.1) is 6.04 Å². The van der Waals surface area contributed by atoms with Gasteiger partial charge in [0.1, 0.15) is 5.82 Å². The van der Waals surface area contributed by atoms with Crippen LogP contribution >= 0.6 is 12.4 Å². The molecule has 1 heterocycles. The minimum absolute atomic E-state index is 0. The number of nitrogens with zero attached hydrogens (tertiary/aromatic N) is 1. The Morgan fingerprint density at radius 2 is 2.06 bits per heavy atom. The van der Waals surface area contributed by atoms with Crippen LogP contribution in [0.15, 0.2) is 30.9 Å². The largest absolute Gasteiger partial charge is 0.314 e. The van der Waals surface area contributed by atoms with Crippen molar-refractivity contribution in [3.63, 3.8) is 0 Å². The number of piperazine rings is 1. The average molecular weight is 271 g/mol. The lowest BCUT2D eigenvalue weighted by molar-refractivity contribution is 0.203. The molecule has 1 N–H and O–H groups in total. The minimum Gasteiger partial charge on any atom is -0.314 e. The Balaban J connectivity index is 0.00000162. The molecule has 0 aromatic heterocycles. The van der Waals surface area contributed by atoms with Gasteiger partial charge in [-0.25, -0.2) is 4.39 Å². The van der Waals surface area contributed by atoms with Crippen molar-refractivity contribution in [2.24, 2.45) is 0 Å². The molecule has 0 radical (unpaired) electrons. The summed E-state index contributed by atoms with van der Waals surface area (Å²) in [7, 11) is 0. The van der Waals surface area contributed by atoms with Crippen LogP contribution in [0.5, 0.6) is 0 Å². The van der Waals surface area contributed by atoms with Gasteiger partial charge in [-0.05, 0) is 30.2 Å². The smallest absolute Gasteiger partial charge is 0.123 e. The van der Waals surface area contributed by atoms with Crippen molar-refractivity contribution in [3.8, 4) is 0 Å². The molecule has 4 heteroatoms. The lowest BCUT2D eigenvalue weighted by atomic mass is 9.99. The summed E-state index contributed by atoms with van der Waals surface area (Å²) in [5.74, 6) is -0.174. The lowest BCUT2D eigenvalue weighted by Gasteiger charge is -2.34. The number of benzene rings is 1. The monoisotopic (exact) mass is 270 g/mol. The first kappa shape index (κ1) is 15.2. The van der Waals surface area contributed by atoms with Gasteiger partial charge in [0.25, 0.3) is 0 Å². The van der Waals surface area contributed by atoms with Gasteiger partial charge in [0.15, 0.2) is 0 Å². The van der Waals surface area contributed by atoms with Gasteiger partial charge in [0.2, 0.25) is 0 Å². The Hall–Kier alpha value is -0.900. The number of aryl methyl sites for hydroxylation is 1.